The monoisotopic (exact) mass is 334 g/mol. The molecule has 0 saturated carbocycles. The molecular weight excluding hydrogens is 308 g/mol. The summed E-state index contributed by atoms with van der Waals surface area (Å²) in [6.07, 6.45) is 4.32. The average Bonchev–Trinajstić information content (AvgIpc) is 2.50. The van der Waals surface area contributed by atoms with Crippen molar-refractivity contribution in [3.05, 3.63) is 48.0 Å². The standard InChI is InChI=1S/C18H26O3.CO2/c1-5-16(19)15(13-14-9-7-6-8-10-14)11-12-17(20)21-18(2,3)4;2-1-3/h6-12,15-16,19H,5,13H2,1-4H3;/b12-11+;/t15-,16-;/m0./s1. The zero-order valence-corrected chi connectivity index (χ0v) is 14.7. The van der Waals surface area contributed by atoms with Crippen molar-refractivity contribution in [3.63, 3.8) is 0 Å². The number of carbonyl (C=O) groups is 1. The summed E-state index contributed by atoms with van der Waals surface area (Å²) in [6, 6.07) is 9.96. The molecule has 0 spiro atoms. The Balaban J connectivity index is 0.00000163. The van der Waals surface area contributed by atoms with Crippen molar-refractivity contribution < 1.29 is 24.2 Å². The number of carbonyl (C=O) groups excluding carboxylic acids is 3. The van der Waals surface area contributed by atoms with Gasteiger partial charge in [0.15, 0.2) is 0 Å². The highest BCUT2D eigenvalue weighted by atomic mass is 16.6. The first-order valence-electron chi connectivity index (χ1n) is 7.86. The van der Waals surface area contributed by atoms with Crippen LogP contribution in [0.15, 0.2) is 42.5 Å². The van der Waals surface area contributed by atoms with Crippen LogP contribution < -0.4 is 0 Å². The molecule has 24 heavy (non-hydrogen) atoms. The van der Waals surface area contributed by atoms with Crippen molar-refractivity contribution >= 4 is 12.1 Å². The van der Waals surface area contributed by atoms with E-state index < -0.39 is 11.7 Å². The van der Waals surface area contributed by atoms with Gasteiger partial charge in [-0.15, -0.1) is 0 Å². The molecule has 132 valence electrons. The van der Waals surface area contributed by atoms with Gasteiger partial charge in [0.1, 0.15) is 5.60 Å². The van der Waals surface area contributed by atoms with Gasteiger partial charge in [0.25, 0.3) is 0 Å². The van der Waals surface area contributed by atoms with E-state index in [1.165, 1.54) is 6.08 Å². The van der Waals surface area contributed by atoms with E-state index in [9.17, 15) is 9.90 Å². The Morgan fingerprint density at radius 1 is 1.25 bits per heavy atom. The zero-order chi connectivity index (χ0) is 18.6. The number of rotatable bonds is 6. The molecule has 0 fully saturated rings. The Hall–Kier alpha value is -2.23. The minimum Gasteiger partial charge on any atom is -0.457 e. The van der Waals surface area contributed by atoms with Crippen LogP contribution in [0.3, 0.4) is 0 Å². The number of hydrogen-bond donors (Lipinski definition) is 1. The summed E-state index contributed by atoms with van der Waals surface area (Å²) >= 11 is 0. The Bertz CT molecular complexity index is 537. The lowest BCUT2D eigenvalue weighted by Gasteiger charge is -2.20. The van der Waals surface area contributed by atoms with Gasteiger partial charge in [0.2, 0.25) is 0 Å². The van der Waals surface area contributed by atoms with Crippen molar-refractivity contribution in [2.75, 3.05) is 0 Å². The lowest BCUT2D eigenvalue weighted by atomic mass is 9.92. The first kappa shape index (κ1) is 21.8. The van der Waals surface area contributed by atoms with E-state index >= 15 is 0 Å². The van der Waals surface area contributed by atoms with Gasteiger partial charge >= 0.3 is 12.1 Å². The molecule has 0 aliphatic carbocycles. The number of benzene rings is 1. The molecule has 0 aliphatic rings. The predicted octanol–water partition coefficient (Wildman–Crippen LogP) is 2.93. The summed E-state index contributed by atoms with van der Waals surface area (Å²) in [6.45, 7) is 7.44. The quantitative estimate of drug-likeness (QED) is 0.639. The van der Waals surface area contributed by atoms with Crippen molar-refractivity contribution in [2.24, 2.45) is 5.92 Å². The molecule has 2 atom stereocenters. The normalized spacial score (nSPS) is 13.4. The third-order valence-electron chi connectivity index (χ3n) is 3.11. The first-order valence-corrected chi connectivity index (χ1v) is 7.86. The fraction of sp³-hybridized carbons (Fsp3) is 0.474. The van der Waals surface area contributed by atoms with Crippen molar-refractivity contribution in [2.45, 2.75) is 52.2 Å². The molecular formula is C19H26O5. The van der Waals surface area contributed by atoms with E-state index in [4.69, 9.17) is 14.3 Å². The second kappa shape index (κ2) is 11.3. The van der Waals surface area contributed by atoms with Crippen LogP contribution in [0.1, 0.15) is 39.7 Å². The third-order valence-corrected chi connectivity index (χ3v) is 3.11. The van der Waals surface area contributed by atoms with Gasteiger partial charge in [0, 0.05) is 12.0 Å². The second-order valence-electron chi connectivity index (χ2n) is 6.31. The molecule has 5 heteroatoms. The van der Waals surface area contributed by atoms with Crippen LogP contribution in [0, 0.1) is 5.92 Å². The van der Waals surface area contributed by atoms with Crippen LogP contribution in [0.4, 0.5) is 0 Å². The summed E-state index contributed by atoms with van der Waals surface area (Å²) in [5, 5.41) is 10.1. The topological polar surface area (TPSA) is 80.7 Å². The highest BCUT2D eigenvalue weighted by Crippen LogP contribution is 2.17. The molecule has 1 aromatic carbocycles. The fourth-order valence-electron chi connectivity index (χ4n) is 2.06. The van der Waals surface area contributed by atoms with Crippen molar-refractivity contribution in [1.29, 1.82) is 0 Å². The van der Waals surface area contributed by atoms with Crippen molar-refractivity contribution in [1.82, 2.24) is 0 Å². The second-order valence-corrected chi connectivity index (χ2v) is 6.31. The summed E-state index contributed by atoms with van der Waals surface area (Å²) in [7, 11) is 0. The minimum atomic E-state index is -0.500. The molecule has 1 rings (SSSR count). The van der Waals surface area contributed by atoms with Gasteiger partial charge in [0.05, 0.1) is 6.10 Å². The van der Waals surface area contributed by atoms with Gasteiger partial charge in [-0.2, -0.15) is 9.59 Å². The number of ether oxygens (including phenoxy) is 1. The van der Waals surface area contributed by atoms with E-state index in [0.29, 0.717) is 12.8 Å². The molecule has 0 radical (unpaired) electrons. The van der Waals surface area contributed by atoms with Crippen LogP contribution in [0.5, 0.6) is 0 Å². The van der Waals surface area contributed by atoms with Crippen LogP contribution in [0.25, 0.3) is 0 Å². The van der Waals surface area contributed by atoms with Gasteiger partial charge in [-0.05, 0) is 39.2 Å². The Morgan fingerprint density at radius 2 is 1.79 bits per heavy atom. The zero-order valence-electron chi connectivity index (χ0n) is 14.7. The molecule has 1 aromatic rings. The Morgan fingerprint density at radius 3 is 2.25 bits per heavy atom. The lowest BCUT2D eigenvalue weighted by Crippen LogP contribution is -2.24. The van der Waals surface area contributed by atoms with E-state index in [2.05, 4.69) is 0 Å². The molecule has 0 aliphatic heterocycles. The fourth-order valence-corrected chi connectivity index (χ4v) is 2.06. The van der Waals surface area contributed by atoms with Crippen LogP contribution in [0.2, 0.25) is 0 Å². The molecule has 0 amide bonds. The smallest absolute Gasteiger partial charge is 0.373 e. The SMILES string of the molecule is CC[C@H](O)[C@@H](/C=C/C(=O)OC(C)(C)C)Cc1ccccc1.O=C=O. The predicted molar refractivity (Wildman–Crippen MR) is 89.9 cm³/mol. The molecule has 0 bridgehead atoms. The van der Waals surface area contributed by atoms with Gasteiger partial charge < -0.3 is 9.84 Å². The van der Waals surface area contributed by atoms with Gasteiger partial charge in [-0.3, -0.25) is 0 Å². The maximum Gasteiger partial charge on any atom is 0.373 e. The van der Waals surface area contributed by atoms with E-state index in [1.54, 1.807) is 6.08 Å². The maximum atomic E-state index is 11.7. The first-order chi connectivity index (χ1) is 11.2. The van der Waals surface area contributed by atoms with Gasteiger partial charge in [-0.1, -0.05) is 43.3 Å². The minimum absolute atomic E-state index is 0.0927. The summed E-state index contributed by atoms with van der Waals surface area (Å²) in [5.41, 5.74) is 0.642. The molecule has 0 heterocycles. The Labute approximate surface area is 143 Å². The van der Waals surface area contributed by atoms with Crippen molar-refractivity contribution in [3.8, 4) is 0 Å². The van der Waals surface area contributed by atoms with Crippen LogP contribution in [-0.2, 0) is 25.5 Å². The summed E-state index contributed by atoms with van der Waals surface area (Å²) < 4.78 is 5.24. The van der Waals surface area contributed by atoms with E-state index in [0.717, 1.165) is 5.56 Å². The number of esters is 1. The molecule has 0 saturated heterocycles. The Kier molecular flexibility index (Phi) is 10.3. The number of hydrogen-bond acceptors (Lipinski definition) is 5. The lowest BCUT2D eigenvalue weighted by molar-refractivity contribution is -0.191. The molecule has 1 N–H and O–H groups in total. The van der Waals surface area contributed by atoms with E-state index in [1.807, 2.05) is 58.0 Å². The molecule has 0 aromatic heterocycles. The average molecular weight is 334 g/mol. The molecule has 5 nitrogen and oxygen atoms in total. The summed E-state index contributed by atoms with van der Waals surface area (Å²) in [4.78, 5) is 28.0. The maximum absolute atomic E-state index is 11.7. The molecule has 0 unspecified atom stereocenters. The number of aliphatic hydroxyl groups is 1. The number of aliphatic hydroxyl groups excluding tert-OH is 1. The van der Waals surface area contributed by atoms with Gasteiger partial charge in [-0.25, -0.2) is 4.79 Å². The van der Waals surface area contributed by atoms with E-state index in [-0.39, 0.29) is 18.0 Å². The highest BCUT2D eigenvalue weighted by molar-refractivity contribution is 5.82. The largest absolute Gasteiger partial charge is 0.457 e. The van der Waals surface area contributed by atoms with Crippen LogP contribution in [-0.4, -0.2) is 28.9 Å². The third kappa shape index (κ3) is 10.5. The van der Waals surface area contributed by atoms with Crippen LogP contribution >= 0.6 is 0 Å². The summed E-state index contributed by atoms with van der Waals surface area (Å²) in [5.74, 6) is -0.464. The highest BCUT2D eigenvalue weighted by Gasteiger charge is 2.18.